The molecule has 3 rings (SSSR count). The van der Waals surface area contributed by atoms with Crippen LogP contribution in [0.2, 0.25) is 0 Å². The van der Waals surface area contributed by atoms with E-state index in [1.807, 2.05) is 13.8 Å². The zero-order valence-electron chi connectivity index (χ0n) is 15.0. The number of halogens is 1. The number of hydrogen-bond acceptors (Lipinski definition) is 5. The van der Waals surface area contributed by atoms with Gasteiger partial charge in [0.1, 0.15) is 22.1 Å². The van der Waals surface area contributed by atoms with Crippen LogP contribution < -0.4 is 11.2 Å². The summed E-state index contributed by atoms with van der Waals surface area (Å²) in [5.74, 6) is 0.577. The first kappa shape index (κ1) is 18.3. The highest BCUT2D eigenvalue weighted by atomic mass is 32.2. The van der Waals surface area contributed by atoms with E-state index in [0.717, 1.165) is 4.57 Å². The Balaban J connectivity index is 2.21. The summed E-state index contributed by atoms with van der Waals surface area (Å²) >= 11 is 1.27. The largest absolute Gasteiger partial charge is 0.332 e. The van der Waals surface area contributed by atoms with Gasteiger partial charge in [-0.3, -0.25) is 13.9 Å². The summed E-state index contributed by atoms with van der Waals surface area (Å²) in [6, 6.07) is 6.49. The van der Waals surface area contributed by atoms with Crippen LogP contribution in [0.5, 0.6) is 0 Å². The maximum atomic E-state index is 13.9. The Labute approximate surface area is 153 Å². The predicted octanol–water partition coefficient (Wildman–Crippen LogP) is 2.58. The number of benzene rings is 1. The van der Waals surface area contributed by atoms with Crippen molar-refractivity contribution < 1.29 is 4.39 Å². The molecule has 26 heavy (non-hydrogen) atoms. The SMILES string of the molecule is CC(C)c1nc(SCc2ccccc2F)c2c(=O)n(C)c(=O)n(C)c2n1. The molecule has 0 spiro atoms. The summed E-state index contributed by atoms with van der Waals surface area (Å²) in [5, 5.41) is 0.735. The van der Waals surface area contributed by atoms with Gasteiger partial charge in [-0.25, -0.2) is 19.2 Å². The molecular formula is C18H19FN4O2S. The van der Waals surface area contributed by atoms with E-state index in [4.69, 9.17) is 0 Å². The van der Waals surface area contributed by atoms with Crippen LogP contribution in [0, 0.1) is 5.82 Å². The average Bonchev–Trinajstić information content (AvgIpc) is 2.63. The average molecular weight is 374 g/mol. The fourth-order valence-electron chi connectivity index (χ4n) is 2.57. The van der Waals surface area contributed by atoms with Gasteiger partial charge in [0.05, 0.1) is 0 Å². The Morgan fingerprint density at radius 1 is 1.12 bits per heavy atom. The normalized spacial score (nSPS) is 11.5. The quantitative estimate of drug-likeness (QED) is 0.519. The zero-order valence-corrected chi connectivity index (χ0v) is 15.8. The van der Waals surface area contributed by atoms with Crippen LogP contribution in [0.3, 0.4) is 0 Å². The van der Waals surface area contributed by atoms with Crippen LogP contribution in [0.25, 0.3) is 11.0 Å². The second-order valence-electron chi connectivity index (χ2n) is 6.33. The molecule has 1 aromatic carbocycles. The van der Waals surface area contributed by atoms with Crippen LogP contribution in [0.15, 0.2) is 38.9 Å². The molecule has 0 fully saturated rings. The third kappa shape index (κ3) is 3.16. The molecule has 0 atom stereocenters. The number of aromatic nitrogens is 4. The van der Waals surface area contributed by atoms with Crippen molar-refractivity contribution in [2.45, 2.75) is 30.5 Å². The van der Waals surface area contributed by atoms with Crippen molar-refractivity contribution in [3.63, 3.8) is 0 Å². The molecule has 8 heteroatoms. The third-order valence-electron chi connectivity index (χ3n) is 4.12. The van der Waals surface area contributed by atoms with Crippen molar-refractivity contribution in [1.29, 1.82) is 0 Å². The van der Waals surface area contributed by atoms with E-state index >= 15 is 0 Å². The predicted molar refractivity (Wildman–Crippen MR) is 100 cm³/mol. The minimum absolute atomic E-state index is 0.0198. The molecule has 0 N–H and O–H groups in total. The fourth-order valence-corrected chi connectivity index (χ4v) is 3.58. The number of aryl methyl sites for hydroxylation is 1. The Kier molecular flexibility index (Phi) is 4.95. The molecule has 0 unspecified atom stereocenters. The first-order chi connectivity index (χ1) is 12.3. The molecule has 0 amide bonds. The smallest absolute Gasteiger partial charge is 0.280 e. The highest BCUT2D eigenvalue weighted by Crippen LogP contribution is 2.28. The van der Waals surface area contributed by atoms with E-state index < -0.39 is 11.2 Å². The van der Waals surface area contributed by atoms with Crippen LogP contribution in [0.4, 0.5) is 4.39 Å². The lowest BCUT2D eigenvalue weighted by Gasteiger charge is -2.13. The van der Waals surface area contributed by atoms with Crippen molar-refractivity contribution >= 4 is 22.8 Å². The van der Waals surface area contributed by atoms with E-state index in [1.165, 1.54) is 29.4 Å². The number of fused-ring (bicyclic) bond motifs is 1. The molecule has 2 heterocycles. The molecule has 0 radical (unpaired) electrons. The monoisotopic (exact) mass is 374 g/mol. The Morgan fingerprint density at radius 3 is 2.46 bits per heavy atom. The molecule has 2 aromatic heterocycles. The van der Waals surface area contributed by atoms with Crippen LogP contribution >= 0.6 is 11.8 Å². The van der Waals surface area contributed by atoms with Gasteiger partial charge < -0.3 is 0 Å². The summed E-state index contributed by atoms with van der Waals surface area (Å²) in [6.07, 6.45) is 0. The molecule has 0 aliphatic heterocycles. The van der Waals surface area contributed by atoms with Gasteiger partial charge in [-0.1, -0.05) is 32.0 Å². The molecule has 0 saturated heterocycles. The van der Waals surface area contributed by atoms with Crippen molar-refractivity contribution in [1.82, 2.24) is 19.1 Å². The highest BCUT2D eigenvalue weighted by Gasteiger charge is 2.18. The molecule has 6 nitrogen and oxygen atoms in total. The van der Waals surface area contributed by atoms with Gasteiger partial charge in [-0.15, -0.1) is 11.8 Å². The highest BCUT2D eigenvalue weighted by molar-refractivity contribution is 7.98. The fraction of sp³-hybridized carbons (Fsp3) is 0.333. The molecule has 0 saturated carbocycles. The summed E-state index contributed by atoms with van der Waals surface area (Å²) in [4.78, 5) is 33.8. The number of rotatable bonds is 4. The van der Waals surface area contributed by atoms with Crippen molar-refractivity contribution in [3.8, 4) is 0 Å². The van der Waals surface area contributed by atoms with Gasteiger partial charge >= 0.3 is 5.69 Å². The maximum Gasteiger partial charge on any atom is 0.332 e. The number of hydrogen-bond donors (Lipinski definition) is 0. The van der Waals surface area contributed by atoms with Gasteiger partial charge in [0, 0.05) is 25.8 Å². The molecule has 0 aliphatic carbocycles. The Morgan fingerprint density at radius 2 is 1.81 bits per heavy atom. The lowest BCUT2D eigenvalue weighted by molar-refractivity contribution is 0.617. The minimum Gasteiger partial charge on any atom is -0.280 e. The van der Waals surface area contributed by atoms with Crippen molar-refractivity contribution in [2.24, 2.45) is 14.1 Å². The molecule has 0 bridgehead atoms. The van der Waals surface area contributed by atoms with E-state index in [0.29, 0.717) is 27.8 Å². The van der Waals surface area contributed by atoms with Gasteiger partial charge in [-0.05, 0) is 11.6 Å². The van der Waals surface area contributed by atoms with Crippen molar-refractivity contribution in [2.75, 3.05) is 0 Å². The number of thioether (sulfide) groups is 1. The molecule has 0 aliphatic rings. The zero-order chi connectivity index (χ0) is 19.0. The van der Waals surface area contributed by atoms with Gasteiger partial charge in [0.2, 0.25) is 0 Å². The van der Waals surface area contributed by atoms with Gasteiger partial charge in [0.25, 0.3) is 5.56 Å². The third-order valence-corrected chi connectivity index (χ3v) is 5.15. The molecule has 136 valence electrons. The second-order valence-corrected chi connectivity index (χ2v) is 7.29. The van der Waals surface area contributed by atoms with Gasteiger partial charge in [0.15, 0.2) is 5.65 Å². The van der Waals surface area contributed by atoms with Crippen LogP contribution in [-0.2, 0) is 19.8 Å². The Hall–Kier alpha value is -2.48. The second kappa shape index (κ2) is 7.03. The van der Waals surface area contributed by atoms with Crippen LogP contribution in [0.1, 0.15) is 31.2 Å². The summed E-state index contributed by atoms with van der Waals surface area (Å²) < 4.78 is 16.3. The van der Waals surface area contributed by atoms with E-state index in [9.17, 15) is 14.0 Å². The van der Waals surface area contributed by atoms with Crippen molar-refractivity contribution in [3.05, 3.63) is 62.3 Å². The van der Waals surface area contributed by atoms with E-state index in [-0.39, 0.29) is 17.1 Å². The first-order valence-corrected chi connectivity index (χ1v) is 9.13. The maximum absolute atomic E-state index is 13.9. The summed E-state index contributed by atoms with van der Waals surface area (Å²) in [5.41, 5.74) is -0.0692. The lowest BCUT2D eigenvalue weighted by Crippen LogP contribution is -2.37. The van der Waals surface area contributed by atoms with Gasteiger partial charge in [-0.2, -0.15) is 0 Å². The summed E-state index contributed by atoms with van der Waals surface area (Å²) in [7, 11) is 3.00. The topological polar surface area (TPSA) is 69.8 Å². The van der Waals surface area contributed by atoms with Crippen LogP contribution in [-0.4, -0.2) is 19.1 Å². The van der Waals surface area contributed by atoms with E-state index in [2.05, 4.69) is 9.97 Å². The Bertz CT molecular complexity index is 1100. The summed E-state index contributed by atoms with van der Waals surface area (Å²) in [6.45, 7) is 3.87. The minimum atomic E-state index is -0.450. The van der Waals surface area contributed by atoms with E-state index in [1.54, 1.807) is 25.2 Å². The first-order valence-electron chi connectivity index (χ1n) is 8.15. The molecular weight excluding hydrogens is 355 g/mol. The lowest BCUT2D eigenvalue weighted by atomic mass is 10.2. The number of nitrogens with zero attached hydrogens (tertiary/aromatic N) is 4. The molecule has 3 aromatic rings. The standard InChI is InChI=1S/C18H19FN4O2S/c1-10(2)14-20-15-13(17(24)23(4)18(25)22(15)3)16(21-14)26-9-11-7-5-6-8-12(11)19/h5-8,10H,9H2,1-4H3.